The van der Waals surface area contributed by atoms with Crippen molar-refractivity contribution in [2.75, 3.05) is 19.8 Å². The number of benzene rings is 1. The second kappa shape index (κ2) is 7.05. The Hall–Kier alpha value is -1.39. The lowest BCUT2D eigenvalue weighted by Crippen LogP contribution is -2.44. The molecule has 1 heterocycles. The van der Waals surface area contributed by atoms with Crippen molar-refractivity contribution in [3.05, 3.63) is 34.9 Å². The summed E-state index contributed by atoms with van der Waals surface area (Å²) in [4.78, 5) is 12.0. The predicted molar refractivity (Wildman–Crippen MR) is 82.2 cm³/mol. The van der Waals surface area contributed by atoms with E-state index < -0.39 is 0 Å². The van der Waals surface area contributed by atoms with E-state index in [1.807, 2.05) is 0 Å². The zero-order chi connectivity index (χ0) is 14.5. The van der Waals surface area contributed by atoms with Gasteiger partial charge in [-0.1, -0.05) is 18.2 Å². The van der Waals surface area contributed by atoms with E-state index >= 15 is 0 Å². The van der Waals surface area contributed by atoms with Gasteiger partial charge in [-0.15, -0.1) is 0 Å². The normalized spacial score (nSPS) is 21.6. The molecular formula is C17H24N2O2. The van der Waals surface area contributed by atoms with Gasteiger partial charge in [-0.3, -0.25) is 4.79 Å². The number of carbonyl (C=O) groups is 1. The third-order valence-corrected chi connectivity index (χ3v) is 4.33. The van der Waals surface area contributed by atoms with Crippen LogP contribution in [0.15, 0.2) is 18.2 Å². The standard InChI is InChI=1S/C17H24N2O2/c20-17(10-16-12-21-8-7-18-16)19-11-13-5-6-14-3-1-2-4-15(14)9-13/h5-6,9,16,18H,1-4,7-8,10-12H2,(H,19,20). The smallest absolute Gasteiger partial charge is 0.221 e. The summed E-state index contributed by atoms with van der Waals surface area (Å²) in [5, 5.41) is 6.32. The molecule has 0 bridgehead atoms. The van der Waals surface area contributed by atoms with Crippen LogP contribution in [0.25, 0.3) is 0 Å². The summed E-state index contributed by atoms with van der Waals surface area (Å²) in [6.45, 7) is 2.84. The average molecular weight is 288 g/mol. The molecule has 4 nitrogen and oxygen atoms in total. The molecule has 0 saturated carbocycles. The zero-order valence-corrected chi connectivity index (χ0v) is 12.5. The van der Waals surface area contributed by atoms with Crippen molar-refractivity contribution in [3.8, 4) is 0 Å². The molecule has 114 valence electrons. The lowest BCUT2D eigenvalue weighted by Gasteiger charge is -2.23. The van der Waals surface area contributed by atoms with Crippen molar-refractivity contribution in [1.29, 1.82) is 0 Å². The molecule has 1 amide bonds. The van der Waals surface area contributed by atoms with Gasteiger partial charge in [0.15, 0.2) is 0 Å². The second-order valence-electron chi connectivity index (χ2n) is 6.02. The van der Waals surface area contributed by atoms with E-state index in [1.165, 1.54) is 42.4 Å². The van der Waals surface area contributed by atoms with Crippen molar-refractivity contribution in [3.63, 3.8) is 0 Å². The Morgan fingerprint density at radius 3 is 2.95 bits per heavy atom. The first-order valence-corrected chi connectivity index (χ1v) is 8.00. The van der Waals surface area contributed by atoms with Gasteiger partial charge in [0.05, 0.1) is 13.2 Å². The molecule has 1 aromatic carbocycles. The molecule has 0 spiro atoms. The zero-order valence-electron chi connectivity index (χ0n) is 12.5. The van der Waals surface area contributed by atoms with Crippen LogP contribution in [-0.4, -0.2) is 31.7 Å². The van der Waals surface area contributed by atoms with Crippen molar-refractivity contribution in [1.82, 2.24) is 10.6 Å². The summed E-state index contributed by atoms with van der Waals surface area (Å²) in [6.07, 6.45) is 5.47. The van der Waals surface area contributed by atoms with Gasteiger partial charge in [0.25, 0.3) is 0 Å². The molecule has 1 aliphatic heterocycles. The molecule has 0 aromatic heterocycles. The SMILES string of the molecule is O=C(CC1COCCN1)NCc1ccc2c(c1)CCCC2. The van der Waals surface area contributed by atoms with Crippen LogP contribution in [-0.2, 0) is 28.9 Å². The highest BCUT2D eigenvalue weighted by molar-refractivity contribution is 5.76. The molecule has 1 unspecified atom stereocenters. The van der Waals surface area contributed by atoms with Gasteiger partial charge in [0, 0.05) is 25.6 Å². The molecule has 3 rings (SSSR count). The summed E-state index contributed by atoms with van der Waals surface area (Å²) < 4.78 is 5.37. The van der Waals surface area contributed by atoms with Crippen molar-refractivity contribution >= 4 is 5.91 Å². The molecule has 21 heavy (non-hydrogen) atoms. The van der Waals surface area contributed by atoms with Gasteiger partial charge in [-0.25, -0.2) is 0 Å². The minimum atomic E-state index is 0.0933. The average Bonchev–Trinajstić information content (AvgIpc) is 2.54. The van der Waals surface area contributed by atoms with E-state index in [2.05, 4.69) is 28.8 Å². The third-order valence-electron chi connectivity index (χ3n) is 4.33. The molecule has 2 aliphatic rings. The molecule has 2 N–H and O–H groups in total. The fraction of sp³-hybridized carbons (Fsp3) is 0.588. The van der Waals surface area contributed by atoms with E-state index in [1.54, 1.807) is 0 Å². The number of aryl methyl sites for hydroxylation is 2. The number of ether oxygens (including phenoxy) is 1. The van der Waals surface area contributed by atoms with E-state index in [0.717, 1.165) is 13.2 Å². The van der Waals surface area contributed by atoms with Crippen LogP contribution in [0.2, 0.25) is 0 Å². The molecule has 1 aliphatic carbocycles. The number of hydrogen-bond donors (Lipinski definition) is 2. The van der Waals surface area contributed by atoms with Gasteiger partial charge in [0.2, 0.25) is 5.91 Å². The van der Waals surface area contributed by atoms with E-state index in [9.17, 15) is 4.79 Å². The van der Waals surface area contributed by atoms with Crippen molar-refractivity contribution in [2.45, 2.75) is 44.7 Å². The number of nitrogens with one attached hydrogen (secondary N) is 2. The highest BCUT2D eigenvalue weighted by Gasteiger charge is 2.16. The number of rotatable bonds is 4. The van der Waals surface area contributed by atoms with Gasteiger partial charge in [-0.05, 0) is 42.4 Å². The highest BCUT2D eigenvalue weighted by Crippen LogP contribution is 2.22. The summed E-state index contributed by atoms with van der Waals surface area (Å²) >= 11 is 0. The van der Waals surface area contributed by atoms with E-state index in [0.29, 0.717) is 19.6 Å². The van der Waals surface area contributed by atoms with Crippen LogP contribution in [0.3, 0.4) is 0 Å². The monoisotopic (exact) mass is 288 g/mol. The summed E-state index contributed by atoms with van der Waals surface area (Å²) in [5.41, 5.74) is 4.16. The fourth-order valence-electron chi connectivity index (χ4n) is 3.14. The van der Waals surface area contributed by atoms with Crippen LogP contribution in [0, 0.1) is 0 Å². The van der Waals surface area contributed by atoms with Crippen molar-refractivity contribution in [2.24, 2.45) is 0 Å². The van der Waals surface area contributed by atoms with Gasteiger partial charge in [-0.2, -0.15) is 0 Å². The highest BCUT2D eigenvalue weighted by atomic mass is 16.5. The summed E-state index contributed by atoms with van der Waals surface area (Å²) in [7, 11) is 0. The molecule has 1 atom stereocenters. The Balaban J connectivity index is 1.49. The molecular weight excluding hydrogens is 264 g/mol. The van der Waals surface area contributed by atoms with Crippen LogP contribution in [0.5, 0.6) is 0 Å². The maximum absolute atomic E-state index is 12.0. The van der Waals surface area contributed by atoms with Crippen LogP contribution >= 0.6 is 0 Å². The first-order chi connectivity index (χ1) is 10.3. The molecule has 1 saturated heterocycles. The second-order valence-corrected chi connectivity index (χ2v) is 6.02. The Morgan fingerprint density at radius 1 is 1.29 bits per heavy atom. The molecule has 0 radical (unpaired) electrons. The van der Waals surface area contributed by atoms with E-state index in [-0.39, 0.29) is 11.9 Å². The molecule has 1 fully saturated rings. The Labute approximate surface area is 126 Å². The van der Waals surface area contributed by atoms with Crippen molar-refractivity contribution < 1.29 is 9.53 Å². The van der Waals surface area contributed by atoms with E-state index in [4.69, 9.17) is 4.74 Å². The number of carbonyl (C=O) groups excluding carboxylic acids is 1. The number of morpholine rings is 1. The lowest BCUT2D eigenvalue weighted by atomic mass is 9.90. The van der Waals surface area contributed by atoms with Gasteiger partial charge >= 0.3 is 0 Å². The third kappa shape index (κ3) is 4.05. The quantitative estimate of drug-likeness (QED) is 0.884. The first-order valence-electron chi connectivity index (χ1n) is 8.00. The first kappa shape index (κ1) is 14.5. The Bertz CT molecular complexity index is 496. The topological polar surface area (TPSA) is 50.4 Å². The number of fused-ring (bicyclic) bond motifs is 1. The summed E-state index contributed by atoms with van der Waals surface area (Å²) in [5.74, 6) is 0.0933. The lowest BCUT2D eigenvalue weighted by molar-refractivity contribution is -0.122. The van der Waals surface area contributed by atoms with Crippen LogP contribution in [0.1, 0.15) is 36.0 Å². The predicted octanol–water partition coefficient (Wildman–Crippen LogP) is 1.56. The number of amides is 1. The largest absolute Gasteiger partial charge is 0.378 e. The molecule has 1 aromatic rings. The van der Waals surface area contributed by atoms with Gasteiger partial charge in [0.1, 0.15) is 0 Å². The minimum Gasteiger partial charge on any atom is -0.378 e. The maximum atomic E-state index is 12.0. The van der Waals surface area contributed by atoms with Crippen LogP contribution < -0.4 is 10.6 Å². The molecule has 4 heteroatoms. The van der Waals surface area contributed by atoms with Gasteiger partial charge < -0.3 is 15.4 Å². The maximum Gasteiger partial charge on any atom is 0.221 e. The summed E-state index contributed by atoms with van der Waals surface area (Å²) in [6, 6.07) is 6.79. The minimum absolute atomic E-state index is 0.0933. The number of hydrogen-bond acceptors (Lipinski definition) is 3. The Kier molecular flexibility index (Phi) is 4.88. The fourth-order valence-corrected chi connectivity index (χ4v) is 3.14. The van der Waals surface area contributed by atoms with Crippen LogP contribution in [0.4, 0.5) is 0 Å². The Morgan fingerprint density at radius 2 is 2.14 bits per heavy atom.